The molecule has 2 aromatic heterocycles. The summed E-state index contributed by atoms with van der Waals surface area (Å²) in [6, 6.07) is 14.6. The van der Waals surface area contributed by atoms with Gasteiger partial charge in [0.1, 0.15) is 29.8 Å². The number of aromatic nitrogens is 4. The summed E-state index contributed by atoms with van der Waals surface area (Å²) in [5.41, 5.74) is 10.3. The van der Waals surface area contributed by atoms with Crippen molar-refractivity contribution in [2.24, 2.45) is 0 Å². The molecule has 4 aliphatic rings. The first-order valence-electron chi connectivity index (χ1n) is 20.7. The Morgan fingerprint density at radius 1 is 0.933 bits per heavy atom. The maximum absolute atomic E-state index is 13.7. The van der Waals surface area contributed by atoms with Crippen LogP contribution in [0.15, 0.2) is 60.9 Å². The van der Waals surface area contributed by atoms with Crippen molar-refractivity contribution in [3.63, 3.8) is 0 Å². The van der Waals surface area contributed by atoms with E-state index in [9.17, 15) is 24.0 Å². The molecule has 8 rings (SSSR count). The summed E-state index contributed by atoms with van der Waals surface area (Å²) in [5.74, 6) is -0.0294. The molecule has 1 atom stereocenters. The van der Waals surface area contributed by atoms with Crippen molar-refractivity contribution in [1.29, 1.82) is 0 Å². The number of imide groups is 1. The zero-order chi connectivity index (χ0) is 41.8. The van der Waals surface area contributed by atoms with Crippen LogP contribution in [0.2, 0.25) is 0 Å². The number of piperidine rings is 1. The number of ether oxygens (including phenoxy) is 3. The van der Waals surface area contributed by atoms with Crippen molar-refractivity contribution in [2.75, 3.05) is 54.9 Å². The average molecular weight is 820 g/mol. The lowest BCUT2D eigenvalue weighted by Crippen LogP contribution is -2.54. The number of piperazine rings is 1. The van der Waals surface area contributed by atoms with Gasteiger partial charge in [0, 0.05) is 31.1 Å². The quantitative estimate of drug-likeness (QED) is 0.118. The summed E-state index contributed by atoms with van der Waals surface area (Å²) < 4.78 is 18.5. The molecule has 17 nitrogen and oxygen atoms in total. The van der Waals surface area contributed by atoms with Crippen LogP contribution < -0.4 is 30.3 Å². The van der Waals surface area contributed by atoms with Gasteiger partial charge in [-0.05, 0) is 74.3 Å². The minimum Gasteiger partial charge on any atom is -0.489 e. The van der Waals surface area contributed by atoms with E-state index in [2.05, 4.69) is 36.5 Å². The van der Waals surface area contributed by atoms with Crippen molar-refractivity contribution in [3.05, 3.63) is 66.5 Å². The number of hydrogen-bond acceptors (Lipinski definition) is 14. The first kappa shape index (κ1) is 40.4. The molecular formula is C43H49N9O8. The largest absolute Gasteiger partial charge is 0.489 e. The van der Waals surface area contributed by atoms with Gasteiger partial charge in [0.25, 0.3) is 0 Å². The lowest BCUT2D eigenvalue weighted by Gasteiger charge is -2.42. The van der Waals surface area contributed by atoms with Gasteiger partial charge in [0.05, 0.1) is 62.0 Å². The third-order valence-corrected chi connectivity index (χ3v) is 11.7. The molecule has 1 unspecified atom stereocenters. The van der Waals surface area contributed by atoms with Gasteiger partial charge >= 0.3 is 11.9 Å². The summed E-state index contributed by atoms with van der Waals surface area (Å²) in [4.78, 5) is 68.8. The normalized spacial score (nSPS) is 20.9. The number of nitrogen functional groups attached to an aromatic ring is 1. The van der Waals surface area contributed by atoms with Crippen LogP contribution in [-0.2, 0) is 28.7 Å². The highest BCUT2D eigenvalue weighted by Crippen LogP contribution is 2.45. The van der Waals surface area contributed by atoms with Crippen LogP contribution in [0.1, 0.15) is 76.2 Å². The molecule has 60 heavy (non-hydrogen) atoms. The summed E-state index contributed by atoms with van der Waals surface area (Å²) in [7, 11) is 0. The fourth-order valence-corrected chi connectivity index (χ4v) is 8.67. The number of carbonyl (C=O) groups excluding carboxylic acids is 5. The smallest absolute Gasteiger partial charge is 0.311 e. The van der Waals surface area contributed by atoms with E-state index in [1.165, 1.54) is 0 Å². The topological polar surface area (TPSA) is 204 Å². The fourth-order valence-electron chi connectivity index (χ4n) is 8.67. The minimum atomic E-state index is -0.587. The van der Waals surface area contributed by atoms with Crippen LogP contribution >= 0.6 is 0 Å². The molecule has 5 heterocycles. The third kappa shape index (κ3) is 8.66. The molecule has 1 aliphatic carbocycles. The molecule has 0 spiro atoms. The number of carbonyl (C=O) groups is 5. The molecule has 2 aromatic carbocycles. The first-order valence-corrected chi connectivity index (χ1v) is 20.7. The maximum Gasteiger partial charge on any atom is 0.311 e. The number of amides is 3. The number of nitrogens with zero attached hydrogens (tertiary/aromatic N) is 7. The van der Waals surface area contributed by atoms with Gasteiger partial charge < -0.3 is 29.7 Å². The van der Waals surface area contributed by atoms with Crippen LogP contribution in [-0.4, -0.2) is 106 Å². The van der Waals surface area contributed by atoms with E-state index in [4.69, 9.17) is 19.9 Å². The summed E-state index contributed by atoms with van der Waals surface area (Å²) in [6.07, 6.45) is 8.46. The number of rotatable bonds is 12. The molecule has 3 aliphatic heterocycles. The highest BCUT2D eigenvalue weighted by Gasteiger charge is 2.38. The molecular weight excluding hydrogens is 771 g/mol. The Kier molecular flexibility index (Phi) is 12.0. The van der Waals surface area contributed by atoms with Crippen molar-refractivity contribution in [2.45, 2.75) is 82.7 Å². The molecule has 3 N–H and O–H groups in total. The lowest BCUT2D eigenvalue weighted by atomic mass is 9.80. The fraction of sp³-hybridized carbons (Fsp3) is 0.442. The van der Waals surface area contributed by atoms with Gasteiger partial charge in [-0.3, -0.25) is 34.2 Å². The third-order valence-electron chi connectivity index (χ3n) is 11.7. The Bertz CT molecular complexity index is 2270. The molecule has 0 radical (unpaired) electrons. The predicted octanol–water partition coefficient (Wildman–Crippen LogP) is 3.93. The summed E-state index contributed by atoms with van der Waals surface area (Å²) >= 11 is 0. The molecule has 17 heteroatoms. The van der Waals surface area contributed by atoms with Crippen LogP contribution in [0.5, 0.6) is 11.5 Å². The number of hydrogen-bond donors (Lipinski definition) is 2. The van der Waals surface area contributed by atoms with Gasteiger partial charge in [-0.2, -0.15) is 5.10 Å². The van der Waals surface area contributed by atoms with Gasteiger partial charge in [-0.25, -0.2) is 4.68 Å². The zero-order valence-corrected chi connectivity index (χ0v) is 33.6. The second-order valence-electron chi connectivity index (χ2n) is 15.6. The highest BCUT2D eigenvalue weighted by atomic mass is 16.5. The van der Waals surface area contributed by atoms with E-state index in [0.717, 1.165) is 49.2 Å². The first-order chi connectivity index (χ1) is 29.2. The molecule has 2 saturated heterocycles. The molecule has 1 saturated carbocycles. The van der Waals surface area contributed by atoms with E-state index in [0.29, 0.717) is 80.7 Å². The van der Waals surface area contributed by atoms with Crippen molar-refractivity contribution < 1.29 is 38.2 Å². The van der Waals surface area contributed by atoms with E-state index in [1.807, 2.05) is 19.1 Å². The van der Waals surface area contributed by atoms with E-state index in [-0.39, 0.29) is 48.2 Å². The van der Waals surface area contributed by atoms with Crippen molar-refractivity contribution >= 4 is 46.9 Å². The van der Waals surface area contributed by atoms with Crippen LogP contribution in [0, 0.1) is 0 Å². The number of nitrogens with two attached hydrogens (primary N) is 1. The molecule has 0 bridgehead atoms. The Morgan fingerprint density at radius 3 is 2.55 bits per heavy atom. The summed E-state index contributed by atoms with van der Waals surface area (Å²) in [5, 5.41) is 15.4. The molecule has 3 amide bonds. The Hall–Kier alpha value is -6.36. The molecule has 4 aromatic rings. The van der Waals surface area contributed by atoms with Gasteiger partial charge in [0.15, 0.2) is 5.82 Å². The molecule has 3 fully saturated rings. The number of benzene rings is 2. The van der Waals surface area contributed by atoms with Crippen LogP contribution in [0.4, 0.5) is 17.2 Å². The Morgan fingerprint density at radius 2 is 1.75 bits per heavy atom. The summed E-state index contributed by atoms with van der Waals surface area (Å²) in [6.45, 7) is 4.78. The SMILES string of the molecule is CCCOC(=O)CCC(=O)Oc1ccccc1-c1cc(-n2cc(N3CCN(C4CCC(c5cccc6c5OCCN6C5CCC(=O)NC5=O)CC4)CC3=O)cn2)c(N)nn1. The second kappa shape index (κ2) is 17.9. The number of esters is 2. The zero-order valence-electron chi connectivity index (χ0n) is 33.6. The molecule has 314 valence electrons. The number of nitrogens with one attached hydrogen (secondary N) is 1. The highest BCUT2D eigenvalue weighted by molar-refractivity contribution is 6.02. The number of para-hydroxylation sites is 2. The van der Waals surface area contributed by atoms with Crippen LogP contribution in [0.3, 0.4) is 0 Å². The van der Waals surface area contributed by atoms with Crippen molar-refractivity contribution in [3.8, 4) is 28.4 Å². The number of anilines is 3. The Labute approximate surface area is 347 Å². The van der Waals surface area contributed by atoms with Crippen molar-refractivity contribution in [1.82, 2.24) is 30.2 Å². The van der Waals surface area contributed by atoms with Gasteiger partial charge in [0.2, 0.25) is 17.7 Å². The Balaban J connectivity index is 0.880. The van der Waals surface area contributed by atoms with Gasteiger partial charge in [-0.15, -0.1) is 10.2 Å². The second-order valence-corrected chi connectivity index (χ2v) is 15.6. The average Bonchev–Trinajstić information content (AvgIpc) is 3.75. The standard InChI is InChI=1S/C43H49N9O8/c1-2-21-58-39(55)16-17-40(56)60-36-9-4-3-6-31(36)32-23-35(42(44)48-47-32)52-25-29(24-45-52)50-19-18-49(26-38(50)54)28-12-10-27(11-13-28)30-7-5-8-33-41(30)59-22-20-51(33)34-14-15-37(53)46-43(34)57/h3-9,23-25,27-28,34H,2,10-22,26H2,1H3,(H2,44,48)(H,46,53,57). The monoisotopic (exact) mass is 819 g/mol. The van der Waals surface area contributed by atoms with Crippen LogP contribution in [0.25, 0.3) is 16.9 Å². The number of fused-ring (bicyclic) bond motifs is 1. The predicted molar refractivity (Wildman–Crippen MR) is 219 cm³/mol. The minimum absolute atomic E-state index is 0.0159. The van der Waals surface area contributed by atoms with E-state index < -0.39 is 18.0 Å². The maximum atomic E-state index is 13.7. The lowest BCUT2D eigenvalue weighted by molar-refractivity contribution is -0.147. The van der Waals surface area contributed by atoms with E-state index in [1.54, 1.807) is 52.3 Å². The van der Waals surface area contributed by atoms with E-state index >= 15 is 0 Å². The van der Waals surface area contributed by atoms with Gasteiger partial charge in [-0.1, -0.05) is 31.2 Å².